The molecule has 3 heteroatoms. The van der Waals surface area contributed by atoms with Crippen molar-refractivity contribution in [3.05, 3.63) is 18.0 Å². The number of hydrogen-bond donors (Lipinski definition) is 0. The van der Waals surface area contributed by atoms with Gasteiger partial charge in [-0.05, 0) is 13.0 Å². The van der Waals surface area contributed by atoms with Gasteiger partial charge in [0.05, 0.1) is 5.69 Å². The Balaban J connectivity index is 2.49. The third-order valence-electron chi connectivity index (χ3n) is 1.25. The topological polar surface area (TPSA) is 34.9 Å². The largest absolute Gasteiger partial charge is 0.303 e. The predicted molar refractivity (Wildman–Crippen MR) is 37.6 cm³/mol. The molecule has 0 aliphatic carbocycles. The van der Waals surface area contributed by atoms with Gasteiger partial charge in [0.2, 0.25) is 0 Å². The Morgan fingerprint density at radius 2 is 2.60 bits per heavy atom. The van der Waals surface area contributed by atoms with Crippen molar-refractivity contribution in [2.24, 2.45) is 0 Å². The molecule has 0 aliphatic heterocycles. The molecule has 1 heterocycles. The molecular weight excluding hydrogens is 128 g/mol. The van der Waals surface area contributed by atoms with Crippen LogP contribution in [-0.2, 0) is 11.3 Å². The number of rotatable bonds is 3. The lowest BCUT2D eigenvalue weighted by atomic mass is 10.5. The van der Waals surface area contributed by atoms with E-state index in [1.54, 1.807) is 4.68 Å². The van der Waals surface area contributed by atoms with E-state index in [4.69, 9.17) is 0 Å². The molecule has 10 heavy (non-hydrogen) atoms. The molecule has 0 aliphatic rings. The summed E-state index contributed by atoms with van der Waals surface area (Å²) in [5.41, 5.74) is 0.992. The Morgan fingerprint density at radius 1 is 1.80 bits per heavy atom. The minimum Gasteiger partial charge on any atom is -0.303 e. The number of nitrogens with zero attached hydrogens (tertiary/aromatic N) is 2. The second kappa shape index (κ2) is 3.15. The van der Waals surface area contributed by atoms with Crippen LogP contribution in [0.25, 0.3) is 0 Å². The molecule has 0 unspecified atom stereocenters. The van der Waals surface area contributed by atoms with Crippen LogP contribution in [-0.4, -0.2) is 16.1 Å². The Hall–Kier alpha value is -1.12. The first-order valence-electron chi connectivity index (χ1n) is 3.26. The van der Waals surface area contributed by atoms with Gasteiger partial charge >= 0.3 is 0 Å². The summed E-state index contributed by atoms with van der Waals surface area (Å²) >= 11 is 0. The molecule has 0 saturated heterocycles. The van der Waals surface area contributed by atoms with Crippen molar-refractivity contribution in [2.75, 3.05) is 0 Å². The first-order chi connectivity index (χ1) is 4.83. The van der Waals surface area contributed by atoms with Crippen molar-refractivity contribution >= 4 is 6.29 Å². The lowest BCUT2D eigenvalue weighted by Gasteiger charge is -1.93. The van der Waals surface area contributed by atoms with Gasteiger partial charge in [-0.2, -0.15) is 5.10 Å². The van der Waals surface area contributed by atoms with Crippen LogP contribution in [0.15, 0.2) is 12.3 Å². The van der Waals surface area contributed by atoms with Crippen molar-refractivity contribution in [3.8, 4) is 0 Å². The Kier molecular flexibility index (Phi) is 2.20. The highest BCUT2D eigenvalue weighted by Crippen LogP contribution is 1.92. The van der Waals surface area contributed by atoms with Crippen LogP contribution in [0.3, 0.4) is 0 Å². The quantitative estimate of drug-likeness (QED) is 0.578. The SMILES string of the molecule is Cc1ccn(CCC=O)n1. The number of hydrogen-bond acceptors (Lipinski definition) is 2. The van der Waals surface area contributed by atoms with Crippen molar-refractivity contribution in [2.45, 2.75) is 19.9 Å². The van der Waals surface area contributed by atoms with Gasteiger partial charge in [-0.25, -0.2) is 0 Å². The van der Waals surface area contributed by atoms with Crippen LogP contribution in [0, 0.1) is 6.92 Å². The fourth-order valence-corrected chi connectivity index (χ4v) is 0.773. The zero-order chi connectivity index (χ0) is 7.40. The van der Waals surface area contributed by atoms with Crippen LogP contribution in [0.4, 0.5) is 0 Å². The second-order valence-corrected chi connectivity index (χ2v) is 2.18. The highest BCUT2D eigenvalue weighted by atomic mass is 16.1. The molecule has 1 aromatic rings. The molecule has 0 amide bonds. The third kappa shape index (κ3) is 1.69. The molecular formula is C7H10N2O. The van der Waals surface area contributed by atoms with Crippen LogP contribution in [0.5, 0.6) is 0 Å². The Labute approximate surface area is 59.7 Å². The van der Waals surface area contributed by atoms with E-state index in [0.717, 1.165) is 12.0 Å². The normalized spacial score (nSPS) is 9.70. The van der Waals surface area contributed by atoms with E-state index in [-0.39, 0.29) is 0 Å². The maximum atomic E-state index is 9.94. The molecule has 0 fully saturated rings. The minimum absolute atomic E-state index is 0.543. The van der Waals surface area contributed by atoms with Gasteiger partial charge in [-0.3, -0.25) is 4.68 Å². The van der Waals surface area contributed by atoms with Crippen LogP contribution in [0.1, 0.15) is 12.1 Å². The van der Waals surface area contributed by atoms with Crippen molar-refractivity contribution in [3.63, 3.8) is 0 Å². The number of carbonyl (C=O) groups is 1. The van der Waals surface area contributed by atoms with Gasteiger partial charge in [-0.1, -0.05) is 0 Å². The fraction of sp³-hybridized carbons (Fsp3) is 0.429. The summed E-state index contributed by atoms with van der Waals surface area (Å²) in [4.78, 5) is 9.94. The zero-order valence-electron chi connectivity index (χ0n) is 5.95. The van der Waals surface area contributed by atoms with Gasteiger partial charge < -0.3 is 4.79 Å². The molecule has 0 atom stereocenters. The van der Waals surface area contributed by atoms with Crippen molar-refractivity contribution in [1.82, 2.24) is 9.78 Å². The monoisotopic (exact) mass is 138 g/mol. The van der Waals surface area contributed by atoms with Gasteiger partial charge in [0.15, 0.2) is 0 Å². The standard InChI is InChI=1S/C7H10N2O/c1-7-3-5-9(8-7)4-2-6-10/h3,5-6H,2,4H2,1H3. The highest BCUT2D eigenvalue weighted by molar-refractivity contribution is 5.48. The molecule has 0 bridgehead atoms. The van der Waals surface area contributed by atoms with E-state index >= 15 is 0 Å². The number of aryl methyl sites for hydroxylation is 2. The van der Waals surface area contributed by atoms with E-state index in [9.17, 15) is 4.79 Å². The summed E-state index contributed by atoms with van der Waals surface area (Å²) in [6.07, 6.45) is 3.32. The summed E-state index contributed by atoms with van der Waals surface area (Å²) in [7, 11) is 0. The summed E-state index contributed by atoms with van der Waals surface area (Å²) in [5.74, 6) is 0. The van der Waals surface area contributed by atoms with Gasteiger partial charge in [0, 0.05) is 19.2 Å². The van der Waals surface area contributed by atoms with Gasteiger partial charge in [-0.15, -0.1) is 0 Å². The van der Waals surface area contributed by atoms with E-state index < -0.39 is 0 Å². The molecule has 1 rings (SSSR count). The van der Waals surface area contributed by atoms with Gasteiger partial charge in [0.25, 0.3) is 0 Å². The minimum atomic E-state index is 0.543. The van der Waals surface area contributed by atoms with Crippen LogP contribution in [0.2, 0.25) is 0 Å². The van der Waals surface area contributed by atoms with Crippen LogP contribution < -0.4 is 0 Å². The molecule has 0 saturated carbocycles. The molecule has 54 valence electrons. The molecule has 0 spiro atoms. The summed E-state index contributed by atoms with van der Waals surface area (Å²) in [5, 5.41) is 4.11. The van der Waals surface area contributed by atoms with Crippen LogP contribution >= 0.6 is 0 Å². The molecule has 0 aromatic carbocycles. The Morgan fingerprint density at radius 3 is 3.10 bits per heavy atom. The number of aldehydes is 1. The van der Waals surface area contributed by atoms with E-state index in [1.807, 2.05) is 19.2 Å². The molecule has 0 radical (unpaired) electrons. The summed E-state index contributed by atoms with van der Waals surface area (Å²) in [6, 6.07) is 1.92. The number of carbonyl (C=O) groups excluding carboxylic acids is 1. The number of aromatic nitrogens is 2. The van der Waals surface area contributed by atoms with E-state index in [2.05, 4.69) is 5.10 Å². The predicted octanol–water partition coefficient (Wildman–Crippen LogP) is 0.781. The average molecular weight is 138 g/mol. The lowest BCUT2D eigenvalue weighted by molar-refractivity contribution is -0.108. The Bertz CT molecular complexity index is 217. The van der Waals surface area contributed by atoms with E-state index in [0.29, 0.717) is 13.0 Å². The van der Waals surface area contributed by atoms with E-state index in [1.165, 1.54) is 0 Å². The van der Waals surface area contributed by atoms with Crippen molar-refractivity contribution < 1.29 is 4.79 Å². The highest BCUT2D eigenvalue weighted by Gasteiger charge is 1.90. The molecule has 1 aromatic heterocycles. The zero-order valence-corrected chi connectivity index (χ0v) is 5.95. The first-order valence-corrected chi connectivity index (χ1v) is 3.26. The summed E-state index contributed by atoms with van der Waals surface area (Å²) < 4.78 is 1.77. The second-order valence-electron chi connectivity index (χ2n) is 2.18. The molecule has 0 N–H and O–H groups in total. The van der Waals surface area contributed by atoms with Crippen molar-refractivity contribution in [1.29, 1.82) is 0 Å². The average Bonchev–Trinajstić information content (AvgIpc) is 2.31. The van der Waals surface area contributed by atoms with Gasteiger partial charge in [0.1, 0.15) is 6.29 Å². The third-order valence-corrected chi connectivity index (χ3v) is 1.25. The summed E-state index contributed by atoms with van der Waals surface area (Å²) in [6.45, 7) is 2.62. The fourth-order valence-electron chi connectivity index (χ4n) is 0.773. The lowest BCUT2D eigenvalue weighted by Crippen LogP contribution is -1.98. The first kappa shape index (κ1) is 6.99. The maximum Gasteiger partial charge on any atom is 0.121 e. The smallest absolute Gasteiger partial charge is 0.121 e. The maximum absolute atomic E-state index is 9.94. The molecule has 3 nitrogen and oxygen atoms in total.